The van der Waals surface area contributed by atoms with Crippen molar-refractivity contribution >= 4 is 23.2 Å². The van der Waals surface area contributed by atoms with Crippen molar-refractivity contribution < 1.29 is 4.79 Å². The number of aromatic nitrogens is 1. The lowest BCUT2D eigenvalue weighted by atomic mass is 10.1. The molecule has 1 amide bonds. The molecule has 0 bridgehead atoms. The Morgan fingerprint density at radius 3 is 2.74 bits per heavy atom. The molecule has 0 spiro atoms. The first kappa shape index (κ1) is 17.3. The summed E-state index contributed by atoms with van der Waals surface area (Å²) in [5, 5.41) is 6.85. The van der Waals surface area contributed by atoms with Gasteiger partial charge in [-0.1, -0.05) is 37.6 Å². The first-order valence-corrected chi connectivity index (χ1v) is 8.15. The minimum Gasteiger partial charge on any atom is -0.384 e. The number of nitrogens with one attached hydrogen (secondary N) is 2. The number of nitrogens with zero attached hydrogens (tertiary/aromatic N) is 1. The summed E-state index contributed by atoms with van der Waals surface area (Å²) >= 11 is 5.94. The lowest BCUT2D eigenvalue weighted by Crippen LogP contribution is -2.26. The zero-order valence-corrected chi connectivity index (χ0v) is 14.2. The van der Waals surface area contributed by atoms with Crippen LogP contribution in [0.5, 0.6) is 0 Å². The highest BCUT2D eigenvalue weighted by atomic mass is 35.5. The summed E-state index contributed by atoms with van der Waals surface area (Å²) in [5.41, 5.74) is 2.44. The van der Waals surface area contributed by atoms with Gasteiger partial charge in [-0.3, -0.25) is 4.79 Å². The summed E-state index contributed by atoms with van der Waals surface area (Å²) in [6, 6.07) is 11.2. The normalized spacial score (nSPS) is 10.6. The first-order chi connectivity index (χ1) is 11.0. The van der Waals surface area contributed by atoms with Crippen LogP contribution in [0.3, 0.4) is 0 Å². The van der Waals surface area contributed by atoms with Crippen molar-refractivity contribution in [3.63, 3.8) is 0 Å². The smallest absolute Gasteiger partial charge is 0.269 e. The van der Waals surface area contributed by atoms with Crippen molar-refractivity contribution in [1.82, 2.24) is 10.3 Å². The zero-order chi connectivity index (χ0) is 16.7. The number of benzene rings is 1. The van der Waals surface area contributed by atoms with Crippen LogP contribution in [-0.4, -0.2) is 24.0 Å². The van der Waals surface area contributed by atoms with E-state index in [1.165, 1.54) is 0 Å². The van der Waals surface area contributed by atoms with Gasteiger partial charge in [0, 0.05) is 18.1 Å². The van der Waals surface area contributed by atoms with E-state index in [1.54, 1.807) is 12.3 Å². The predicted octanol–water partition coefficient (Wildman–Crippen LogP) is 3.78. The fraction of sp³-hybridized carbons (Fsp3) is 0.333. The van der Waals surface area contributed by atoms with Crippen molar-refractivity contribution in [2.75, 3.05) is 18.4 Å². The molecule has 23 heavy (non-hydrogen) atoms. The number of halogens is 1. The van der Waals surface area contributed by atoms with Crippen LogP contribution >= 0.6 is 11.6 Å². The minimum absolute atomic E-state index is 0.164. The molecule has 0 saturated carbocycles. The molecule has 0 aliphatic carbocycles. The van der Waals surface area contributed by atoms with Crippen LogP contribution in [0.25, 0.3) is 0 Å². The molecular weight excluding hydrogens is 310 g/mol. The van der Waals surface area contributed by atoms with Crippen molar-refractivity contribution in [3.8, 4) is 0 Å². The van der Waals surface area contributed by atoms with Gasteiger partial charge in [-0.25, -0.2) is 4.98 Å². The molecule has 0 saturated heterocycles. The second kappa shape index (κ2) is 8.53. The topological polar surface area (TPSA) is 54.0 Å². The minimum atomic E-state index is -0.164. The van der Waals surface area contributed by atoms with Gasteiger partial charge < -0.3 is 10.6 Å². The monoisotopic (exact) mass is 331 g/mol. The van der Waals surface area contributed by atoms with Gasteiger partial charge >= 0.3 is 0 Å². The summed E-state index contributed by atoms with van der Waals surface area (Å²) < 4.78 is 0. The Morgan fingerprint density at radius 1 is 1.26 bits per heavy atom. The Bertz CT molecular complexity index is 641. The van der Waals surface area contributed by atoms with Gasteiger partial charge in [-0.2, -0.15) is 0 Å². The third kappa shape index (κ3) is 5.91. The van der Waals surface area contributed by atoms with Gasteiger partial charge in [0.2, 0.25) is 0 Å². The standard InChI is InChI=1S/C18H22ClN3O/c1-13(2)11-21-16-6-7-17(22-12-16)18(23)20-9-8-14-4-3-5-15(19)10-14/h3-7,10,12-13,21H,8-9,11H2,1-2H3,(H,20,23). The van der Waals surface area contributed by atoms with Crippen LogP contribution in [0.2, 0.25) is 5.02 Å². The van der Waals surface area contributed by atoms with Gasteiger partial charge in [0.15, 0.2) is 0 Å². The number of hydrogen-bond donors (Lipinski definition) is 2. The van der Waals surface area contributed by atoms with E-state index in [-0.39, 0.29) is 5.91 Å². The molecule has 1 aromatic carbocycles. The molecule has 2 aromatic rings. The summed E-state index contributed by atoms with van der Waals surface area (Å²) in [4.78, 5) is 16.3. The van der Waals surface area contributed by atoms with E-state index in [4.69, 9.17) is 11.6 Å². The van der Waals surface area contributed by atoms with Crippen molar-refractivity contribution in [3.05, 3.63) is 58.9 Å². The lowest BCUT2D eigenvalue weighted by molar-refractivity contribution is 0.0949. The molecular formula is C18H22ClN3O. The molecule has 1 aromatic heterocycles. The Labute approximate surface area is 142 Å². The molecule has 0 fully saturated rings. The van der Waals surface area contributed by atoms with Crippen LogP contribution in [0.4, 0.5) is 5.69 Å². The van der Waals surface area contributed by atoms with E-state index in [0.29, 0.717) is 23.2 Å². The highest BCUT2D eigenvalue weighted by molar-refractivity contribution is 6.30. The maximum absolute atomic E-state index is 12.1. The number of carbonyl (C=O) groups excluding carboxylic acids is 1. The van der Waals surface area contributed by atoms with Crippen molar-refractivity contribution in [1.29, 1.82) is 0 Å². The number of carbonyl (C=O) groups is 1. The first-order valence-electron chi connectivity index (χ1n) is 7.77. The Morgan fingerprint density at radius 2 is 2.09 bits per heavy atom. The van der Waals surface area contributed by atoms with E-state index >= 15 is 0 Å². The highest BCUT2D eigenvalue weighted by Crippen LogP contribution is 2.11. The third-order valence-electron chi connectivity index (χ3n) is 3.30. The summed E-state index contributed by atoms with van der Waals surface area (Å²) in [6.07, 6.45) is 2.43. The number of anilines is 1. The third-order valence-corrected chi connectivity index (χ3v) is 3.53. The quantitative estimate of drug-likeness (QED) is 0.812. The molecule has 0 atom stereocenters. The Hall–Kier alpha value is -2.07. The molecule has 4 nitrogen and oxygen atoms in total. The van der Waals surface area contributed by atoms with E-state index < -0.39 is 0 Å². The Balaban J connectivity index is 1.81. The number of amides is 1. The van der Waals surface area contributed by atoms with Gasteiger partial charge in [0.1, 0.15) is 5.69 Å². The summed E-state index contributed by atoms with van der Waals surface area (Å²) in [6.45, 7) is 5.71. The fourth-order valence-electron chi connectivity index (χ4n) is 2.06. The van der Waals surface area contributed by atoms with Crippen molar-refractivity contribution in [2.24, 2.45) is 5.92 Å². The molecule has 0 unspecified atom stereocenters. The average molecular weight is 332 g/mol. The lowest BCUT2D eigenvalue weighted by Gasteiger charge is -2.09. The van der Waals surface area contributed by atoms with E-state index in [0.717, 1.165) is 24.2 Å². The second-order valence-electron chi connectivity index (χ2n) is 5.84. The maximum atomic E-state index is 12.1. The zero-order valence-electron chi connectivity index (χ0n) is 13.5. The van der Waals surface area contributed by atoms with Gasteiger partial charge in [0.25, 0.3) is 5.91 Å². The van der Waals surface area contributed by atoms with Crippen molar-refractivity contribution in [2.45, 2.75) is 20.3 Å². The fourth-order valence-corrected chi connectivity index (χ4v) is 2.27. The van der Waals surface area contributed by atoms with Gasteiger partial charge in [-0.15, -0.1) is 0 Å². The van der Waals surface area contributed by atoms with E-state index in [9.17, 15) is 4.79 Å². The van der Waals surface area contributed by atoms with Crippen LogP contribution in [0, 0.1) is 5.92 Å². The maximum Gasteiger partial charge on any atom is 0.269 e. The van der Waals surface area contributed by atoms with E-state index in [1.807, 2.05) is 30.3 Å². The molecule has 122 valence electrons. The van der Waals surface area contributed by atoms with Gasteiger partial charge in [-0.05, 0) is 42.2 Å². The summed E-state index contributed by atoms with van der Waals surface area (Å²) in [5.74, 6) is 0.395. The molecule has 0 radical (unpaired) electrons. The largest absolute Gasteiger partial charge is 0.384 e. The Kier molecular flexibility index (Phi) is 6.41. The average Bonchev–Trinajstić information content (AvgIpc) is 2.53. The summed E-state index contributed by atoms with van der Waals surface area (Å²) in [7, 11) is 0. The van der Waals surface area contributed by atoms with Gasteiger partial charge in [0.05, 0.1) is 11.9 Å². The molecule has 2 rings (SSSR count). The molecule has 1 heterocycles. The molecule has 2 N–H and O–H groups in total. The van der Waals surface area contributed by atoms with Crippen LogP contribution in [0.15, 0.2) is 42.6 Å². The van der Waals surface area contributed by atoms with Crippen LogP contribution < -0.4 is 10.6 Å². The molecule has 5 heteroatoms. The molecule has 0 aliphatic rings. The number of hydrogen-bond acceptors (Lipinski definition) is 3. The van der Waals surface area contributed by atoms with Crippen LogP contribution in [-0.2, 0) is 6.42 Å². The van der Waals surface area contributed by atoms with E-state index in [2.05, 4.69) is 29.5 Å². The highest BCUT2D eigenvalue weighted by Gasteiger charge is 2.06. The number of pyridine rings is 1. The van der Waals surface area contributed by atoms with Crippen LogP contribution in [0.1, 0.15) is 29.9 Å². The number of rotatable bonds is 7. The second-order valence-corrected chi connectivity index (χ2v) is 6.28. The molecule has 0 aliphatic heterocycles. The SMILES string of the molecule is CC(C)CNc1ccc(C(=O)NCCc2cccc(Cl)c2)nc1. The predicted molar refractivity (Wildman–Crippen MR) is 95.1 cm³/mol.